The minimum Gasteiger partial charge on any atom is -0.496 e. The number of aromatic nitrogens is 2. The second-order valence-electron chi connectivity index (χ2n) is 8.54. The third-order valence-electron chi connectivity index (χ3n) is 6.49. The lowest BCUT2D eigenvalue weighted by atomic mass is 9.88. The Balaban J connectivity index is 1.36. The molecule has 0 aliphatic carbocycles. The minimum absolute atomic E-state index is 0.0577. The molecule has 2 saturated heterocycles. The molecule has 0 spiro atoms. The number of urea groups is 1. The molecule has 8 nitrogen and oxygen atoms in total. The molecule has 1 aromatic heterocycles. The molecule has 0 atom stereocenters. The van der Waals surface area contributed by atoms with Crippen LogP contribution >= 0.6 is 0 Å². The predicted octanol–water partition coefficient (Wildman–Crippen LogP) is 3.43. The van der Waals surface area contributed by atoms with Gasteiger partial charge in [0.05, 0.1) is 13.3 Å². The normalized spacial score (nSPS) is 17.9. The second-order valence-corrected chi connectivity index (χ2v) is 8.54. The van der Waals surface area contributed by atoms with E-state index in [0.29, 0.717) is 19.0 Å². The quantitative estimate of drug-likeness (QED) is 0.745. The molecular formula is C24H34N6O2. The number of piperazine rings is 1. The maximum Gasteiger partial charge on any atom is 0.321 e. The van der Waals surface area contributed by atoms with E-state index >= 15 is 0 Å². The molecule has 2 aromatic rings. The highest BCUT2D eigenvalue weighted by atomic mass is 16.5. The molecule has 1 aromatic carbocycles. The lowest BCUT2D eigenvalue weighted by Gasteiger charge is -2.35. The summed E-state index contributed by atoms with van der Waals surface area (Å²) in [4.78, 5) is 27.9. The van der Waals surface area contributed by atoms with E-state index in [1.165, 1.54) is 18.5 Å². The summed E-state index contributed by atoms with van der Waals surface area (Å²) in [5.41, 5.74) is 2.03. The number of benzene rings is 1. The molecule has 0 saturated carbocycles. The van der Waals surface area contributed by atoms with Crippen molar-refractivity contribution in [3.8, 4) is 5.75 Å². The Bertz CT molecular complexity index is 877. The smallest absolute Gasteiger partial charge is 0.321 e. The summed E-state index contributed by atoms with van der Waals surface area (Å²) in [6.07, 6.45) is 8.58. The molecular weight excluding hydrogens is 404 g/mol. The lowest BCUT2D eigenvalue weighted by molar-refractivity contribution is 0.208. The van der Waals surface area contributed by atoms with E-state index in [-0.39, 0.29) is 6.03 Å². The van der Waals surface area contributed by atoms with Crippen molar-refractivity contribution >= 4 is 17.5 Å². The number of hydrogen-bond acceptors (Lipinski definition) is 6. The Hall–Kier alpha value is -2.87. The van der Waals surface area contributed by atoms with Crippen LogP contribution in [0.2, 0.25) is 0 Å². The zero-order valence-electron chi connectivity index (χ0n) is 19.2. The molecule has 0 bridgehead atoms. The molecule has 32 heavy (non-hydrogen) atoms. The van der Waals surface area contributed by atoms with Gasteiger partial charge in [-0.25, -0.2) is 9.78 Å². The first kappa shape index (κ1) is 22.3. The number of piperidine rings is 1. The standard InChI is InChI=1S/C24H34N6O2/c1-3-10-28-11-6-19(7-12-28)21-17-20(4-5-22(21)32-2)27-24(31)30-15-13-29(14-16-30)23-18-25-8-9-26-23/h4-5,8-9,17-19H,3,6-7,10-16H2,1-2H3,(H,27,31). The van der Waals surface area contributed by atoms with Crippen molar-refractivity contribution in [2.24, 2.45) is 0 Å². The highest BCUT2D eigenvalue weighted by Gasteiger charge is 2.25. The van der Waals surface area contributed by atoms with Gasteiger partial charge in [-0.05, 0) is 68.6 Å². The zero-order chi connectivity index (χ0) is 22.3. The van der Waals surface area contributed by atoms with Crippen molar-refractivity contribution < 1.29 is 9.53 Å². The molecule has 1 N–H and O–H groups in total. The van der Waals surface area contributed by atoms with Crippen molar-refractivity contribution in [3.05, 3.63) is 42.4 Å². The first-order valence-corrected chi connectivity index (χ1v) is 11.6. The summed E-state index contributed by atoms with van der Waals surface area (Å²) in [5.74, 6) is 2.23. The van der Waals surface area contributed by atoms with Gasteiger partial charge >= 0.3 is 6.03 Å². The largest absolute Gasteiger partial charge is 0.496 e. The third kappa shape index (κ3) is 5.30. The summed E-state index contributed by atoms with van der Waals surface area (Å²) in [6.45, 7) is 8.44. The van der Waals surface area contributed by atoms with Crippen LogP contribution in [0.3, 0.4) is 0 Å². The van der Waals surface area contributed by atoms with Crippen LogP contribution in [0.25, 0.3) is 0 Å². The average molecular weight is 439 g/mol. The van der Waals surface area contributed by atoms with Gasteiger partial charge in [-0.2, -0.15) is 0 Å². The minimum atomic E-state index is -0.0577. The van der Waals surface area contributed by atoms with E-state index in [4.69, 9.17) is 4.74 Å². The fourth-order valence-corrected chi connectivity index (χ4v) is 4.71. The van der Waals surface area contributed by atoms with E-state index in [1.54, 1.807) is 25.7 Å². The van der Waals surface area contributed by atoms with Crippen molar-refractivity contribution in [2.45, 2.75) is 32.1 Å². The van der Waals surface area contributed by atoms with Gasteiger partial charge in [0, 0.05) is 44.3 Å². The molecule has 172 valence electrons. The molecule has 0 radical (unpaired) electrons. The van der Waals surface area contributed by atoms with Crippen LogP contribution in [0.4, 0.5) is 16.3 Å². The summed E-state index contributed by atoms with van der Waals surface area (Å²) < 4.78 is 5.65. The van der Waals surface area contributed by atoms with E-state index in [1.807, 2.05) is 17.0 Å². The van der Waals surface area contributed by atoms with Crippen LogP contribution in [0.15, 0.2) is 36.8 Å². The SMILES string of the molecule is CCCN1CCC(c2cc(NC(=O)N3CCN(c4cnccn4)CC3)ccc2OC)CC1. The molecule has 8 heteroatoms. The van der Waals surface area contributed by atoms with Crippen LogP contribution < -0.4 is 15.0 Å². The predicted molar refractivity (Wildman–Crippen MR) is 127 cm³/mol. The summed E-state index contributed by atoms with van der Waals surface area (Å²) in [7, 11) is 1.72. The Morgan fingerprint density at radius 3 is 2.56 bits per heavy atom. The molecule has 0 unspecified atom stereocenters. The Morgan fingerprint density at radius 1 is 1.12 bits per heavy atom. The Kier molecular flexibility index (Phi) is 7.42. The van der Waals surface area contributed by atoms with Crippen LogP contribution in [0.1, 0.15) is 37.7 Å². The number of ether oxygens (including phenoxy) is 1. The molecule has 2 aliphatic rings. The number of nitrogens with one attached hydrogen (secondary N) is 1. The van der Waals surface area contributed by atoms with Gasteiger partial charge in [0.1, 0.15) is 11.6 Å². The Morgan fingerprint density at radius 2 is 1.91 bits per heavy atom. The number of hydrogen-bond donors (Lipinski definition) is 1. The van der Waals surface area contributed by atoms with E-state index < -0.39 is 0 Å². The number of amides is 2. The van der Waals surface area contributed by atoms with E-state index in [0.717, 1.165) is 56.3 Å². The number of nitrogens with zero attached hydrogens (tertiary/aromatic N) is 5. The molecule has 2 aliphatic heterocycles. The average Bonchev–Trinajstić information content (AvgIpc) is 2.85. The molecule has 4 rings (SSSR count). The van der Waals surface area contributed by atoms with Gasteiger partial charge in [0.15, 0.2) is 0 Å². The van der Waals surface area contributed by atoms with Crippen LogP contribution in [0, 0.1) is 0 Å². The van der Waals surface area contributed by atoms with Crippen molar-refractivity contribution in [3.63, 3.8) is 0 Å². The van der Waals surface area contributed by atoms with E-state index in [9.17, 15) is 4.79 Å². The van der Waals surface area contributed by atoms with Crippen molar-refractivity contribution in [2.75, 3.05) is 63.1 Å². The molecule has 2 fully saturated rings. The maximum atomic E-state index is 12.9. The van der Waals surface area contributed by atoms with Gasteiger partial charge in [-0.3, -0.25) is 4.98 Å². The second kappa shape index (κ2) is 10.6. The van der Waals surface area contributed by atoms with Crippen molar-refractivity contribution in [1.29, 1.82) is 0 Å². The molecule has 2 amide bonds. The maximum absolute atomic E-state index is 12.9. The lowest BCUT2D eigenvalue weighted by Crippen LogP contribution is -2.50. The Labute approximate surface area is 190 Å². The topological polar surface area (TPSA) is 73.8 Å². The van der Waals surface area contributed by atoms with Gasteiger partial charge in [-0.15, -0.1) is 0 Å². The summed E-state index contributed by atoms with van der Waals surface area (Å²) in [5, 5.41) is 3.10. The van der Waals surface area contributed by atoms with Crippen molar-refractivity contribution in [1.82, 2.24) is 19.8 Å². The first-order chi connectivity index (χ1) is 15.7. The number of carbonyl (C=O) groups excluding carboxylic acids is 1. The number of rotatable bonds is 6. The summed E-state index contributed by atoms with van der Waals surface area (Å²) >= 11 is 0. The highest BCUT2D eigenvalue weighted by Crippen LogP contribution is 2.36. The van der Waals surface area contributed by atoms with Gasteiger partial charge in [0.2, 0.25) is 0 Å². The fourth-order valence-electron chi connectivity index (χ4n) is 4.71. The zero-order valence-corrected chi connectivity index (χ0v) is 19.2. The fraction of sp³-hybridized carbons (Fsp3) is 0.542. The monoisotopic (exact) mass is 438 g/mol. The first-order valence-electron chi connectivity index (χ1n) is 11.6. The summed E-state index contributed by atoms with van der Waals surface area (Å²) in [6, 6.07) is 5.96. The van der Waals surface area contributed by atoms with Crippen LogP contribution in [-0.4, -0.2) is 78.7 Å². The van der Waals surface area contributed by atoms with Crippen LogP contribution in [0.5, 0.6) is 5.75 Å². The van der Waals surface area contributed by atoms with Gasteiger partial charge in [0.25, 0.3) is 0 Å². The van der Waals surface area contributed by atoms with Gasteiger partial charge < -0.3 is 24.8 Å². The van der Waals surface area contributed by atoms with Gasteiger partial charge in [-0.1, -0.05) is 6.92 Å². The number of likely N-dealkylation sites (tertiary alicyclic amines) is 1. The highest BCUT2D eigenvalue weighted by molar-refractivity contribution is 5.89. The number of anilines is 2. The molecule has 3 heterocycles. The third-order valence-corrected chi connectivity index (χ3v) is 6.49. The number of methoxy groups -OCH3 is 1. The van der Waals surface area contributed by atoms with Crippen LogP contribution in [-0.2, 0) is 0 Å². The van der Waals surface area contributed by atoms with E-state index in [2.05, 4.69) is 38.1 Å². The number of carbonyl (C=O) groups is 1.